The Kier molecular flexibility index (Phi) is 4.67. The first-order valence-corrected chi connectivity index (χ1v) is 8.92. The number of aliphatic hydroxyl groups is 1. The summed E-state index contributed by atoms with van der Waals surface area (Å²) in [7, 11) is 0. The SMILES string of the molecule is CC(C)(C)C(=O)CC1(O)C(=O)N(Cc2ccccc2)c2ccc(Cl)cc21. The number of anilines is 1. The molecular weight excluding hydrogens is 350 g/mol. The van der Waals surface area contributed by atoms with Crippen molar-refractivity contribution in [2.24, 2.45) is 5.41 Å². The minimum absolute atomic E-state index is 0.180. The van der Waals surface area contributed by atoms with Crippen molar-refractivity contribution in [1.29, 1.82) is 0 Å². The zero-order valence-electron chi connectivity index (χ0n) is 15.1. The molecule has 0 aliphatic carbocycles. The van der Waals surface area contributed by atoms with Crippen molar-refractivity contribution in [2.45, 2.75) is 39.3 Å². The van der Waals surface area contributed by atoms with Crippen LogP contribution in [0.3, 0.4) is 0 Å². The Morgan fingerprint density at radius 1 is 1.15 bits per heavy atom. The van der Waals surface area contributed by atoms with Crippen molar-refractivity contribution >= 4 is 29.0 Å². The maximum atomic E-state index is 13.1. The first-order chi connectivity index (χ1) is 12.1. The molecule has 1 atom stereocenters. The van der Waals surface area contributed by atoms with Crippen molar-refractivity contribution in [1.82, 2.24) is 0 Å². The van der Waals surface area contributed by atoms with Gasteiger partial charge in [-0.3, -0.25) is 9.59 Å². The summed E-state index contributed by atoms with van der Waals surface area (Å²) in [5.41, 5.74) is -0.620. The standard InChI is InChI=1S/C21H22ClNO3/c1-20(2,3)18(24)12-21(26)16-11-15(22)9-10-17(16)23(19(21)25)13-14-7-5-4-6-8-14/h4-11,26H,12-13H2,1-3H3. The molecule has 1 aliphatic rings. The molecule has 5 heteroatoms. The van der Waals surface area contributed by atoms with Gasteiger partial charge < -0.3 is 10.0 Å². The van der Waals surface area contributed by atoms with Gasteiger partial charge in [0.25, 0.3) is 5.91 Å². The van der Waals surface area contributed by atoms with E-state index in [1.165, 1.54) is 4.90 Å². The molecule has 0 saturated heterocycles. The third-order valence-corrected chi connectivity index (χ3v) is 4.97. The third-order valence-electron chi connectivity index (χ3n) is 4.73. The molecule has 0 saturated carbocycles. The molecule has 0 spiro atoms. The number of nitrogens with zero attached hydrogens (tertiary/aromatic N) is 1. The van der Waals surface area contributed by atoms with Crippen LogP contribution in [0.25, 0.3) is 0 Å². The molecule has 0 fully saturated rings. The zero-order chi connectivity index (χ0) is 19.1. The number of carbonyl (C=O) groups excluding carboxylic acids is 2. The van der Waals surface area contributed by atoms with Crippen molar-refractivity contribution in [3.63, 3.8) is 0 Å². The van der Waals surface area contributed by atoms with Crippen molar-refractivity contribution in [3.05, 3.63) is 64.7 Å². The molecule has 1 unspecified atom stereocenters. The van der Waals surface area contributed by atoms with E-state index in [9.17, 15) is 14.7 Å². The fourth-order valence-electron chi connectivity index (χ4n) is 3.11. The van der Waals surface area contributed by atoms with Crippen LogP contribution in [0.5, 0.6) is 0 Å². The lowest BCUT2D eigenvalue weighted by Crippen LogP contribution is -2.43. The molecule has 1 N–H and O–H groups in total. The minimum Gasteiger partial charge on any atom is -0.375 e. The predicted molar refractivity (Wildman–Crippen MR) is 102 cm³/mol. The van der Waals surface area contributed by atoms with Crippen molar-refractivity contribution in [2.75, 3.05) is 4.90 Å². The lowest BCUT2D eigenvalue weighted by atomic mass is 9.81. The van der Waals surface area contributed by atoms with Gasteiger partial charge in [-0.2, -0.15) is 0 Å². The molecule has 0 aromatic heterocycles. The summed E-state index contributed by atoms with van der Waals surface area (Å²) in [4.78, 5) is 27.2. The van der Waals surface area contributed by atoms with E-state index in [2.05, 4.69) is 0 Å². The van der Waals surface area contributed by atoms with E-state index < -0.39 is 16.9 Å². The summed E-state index contributed by atoms with van der Waals surface area (Å²) in [5, 5.41) is 11.7. The Morgan fingerprint density at radius 2 is 1.81 bits per heavy atom. The number of amides is 1. The van der Waals surface area contributed by atoms with E-state index in [1.54, 1.807) is 39.0 Å². The molecule has 0 bridgehead atoms. The number of Topliss-reactive ketones (excluding diaryl/α,β-unsaturated/α-hetero) is 1. The van der Waals surface area contributed by atoms with Gasteiger partial charge in [-0.15, -0.1) is 0 Å². The molecule has 136 valence electrons. The van der Waals surface area contributed by atoms with Crippen LogP contribution in [-0.4, -0.2) is 16.8 Å². The van der Waals surface area contributed by atoms with E-state index in [1.807, 2.05) is 30.3 Å². The van der Waals surface area contributed by atoms with Gasteiger partial charge >= 0.3 is 0 Å². The highest BCUT2D eigenvalue weighted by molar-refractivity contribution is 6.31. The Balaban J connectivity index is 2.03. The Bertz CT molecular complexity index is 857. The van der Waals surface area contributed by atoms with Gasteiger partial charge in [-0.1, -0.05) is 62.7 Å². The number of benzene rings is 2. The molecule has 1 amide bonds. The largest absolute Gasteiger partial charge is 0.375 e. The Hall–Kier alpha value is -2.17. The molecule has 4 nitrogen and oxygen atoms in total. The number of hydrogen-bond acceptors (Lipinski definition) is 3. The second kappa shape index (κ2) is 6.53. The molecule has 2 aromatic carbocycles. The molecule has 2 aromatic rings. The Labute approximate surface area is 158 Å². The number of ketones is 1. The summed E-state index contributed by atoms with van der Waals surface area (Å²) < 4.78 is 0. The van der Waals surface area contributed by atoms with Crippen LogP contribution in [0.2, 0.25) is 5.02 Å². The smallest absolute Gasteiger partial charge is 0.264 e. The molecule has 0 radical (unpaired) electrons. The van der Waals surface area contributed by atoms with E-state index in [0.29, 0.717) is 22.8 Å². The maximum Gasteiger partial charge on any atom is 0.264 e. The summed E-state index contributed by atoms with van der Waals surface area (Å²) in [5.74, 6) is -0.669. The number of carbonyl (C=O) groups is 2. The highest BCUT2D eigenvalue weighted by Crippen LogP contribution is 2.45. The second-order valence-electron chi connectivity index (χ2n) is 7.75. The number of halogens is 1. The fourth-order valence-corrected chi connectivity index (χ4v) is 3.29. The second-order valence-corrected chi connectivity index (χ2v) is 8.19. The monoisotopic (exact) mass is 371 g/mol. The van der Waals surface area contributed by atoms with E-state index >= 15 is 0 Å². The fraction of sp³-hybridized carbons (Fsp3) is 0.333. The van der Waals surface area contributed by atoms with Gasteiger partial charge in [0.1, 0.15) is 5.78 Å². The average Bonchev–Trinajstić information content (AvgIpc) is 2.77. The van der Waals surface area contributed by atoms with E-state index in [-0.39, 0.29) is 12.2 Å². The minimum atomic E-state index is -1.89. The van der Waals surface area contributed by atoms with Crippen LogP contribution in [0.4, 0.5) is 5.69 Å². The number of hydrogen-bond donors (Lipinski definition) is 1. The van der Waals surface area contributed by atoms with E-state index in [0.717, 1.165) is 5.56 Å². The van der Waals surface area contributed by atoms with Gasteiger partial charge in [0.15, 0.2) is 5.60 Å². The third kappa shape index (κ3) is 3.27. The first-order valence-electron chi connectivity index (χ1n) is 8.54. The summed E-state index contributed by atoms with van der Waals surface area (Å²) >= 11 is 6.11. The molecular formula is C21H22ClNO3. The molecule has 26 heavy (non-hydrogen) atoms. The molecule has 1 heterocycles. The van der Waals surface area contributed by atoms with Gasteiger partial charge in [0, 0.05) is 22.4 Å². The molecule has 1 aliphatic heterocycles. The summed E-state index contributed by atoms with van der Waals surface area (Å²) in [6, 6.07) is 14.5. The summed E-state index contributed by atoms with van der Waals surface area (Å²) in [6.45, 7) is 5.65. The quantitative estimate of drug-likeness (QED) is 0.881. The van der Waals surface area contributed by atoms with Crippen molar-refractivity contribution in [3.8, 4) is 0 Å². The van der Waals surface area contributed by atoms with Crippen LogP contribution in [0.15, 0.2) is 48.5 Å². The maximum absolute atomic E-state index is 13.1. The Morgan fingerprint density at radius 3 is 2.42 bits per heavy atom. The van der Waals surface area contributed by atoms with Crippen LogP contribution < -0.4 is 4.90 Å². The van der Waals surface area contributed by atoms with Crippen LogP contribution in [0, 0.1) is 5.41 Å². The van der Waals surface area contributed by atoms with Crippen LogP contribution >= 0.6 is 11.6 Å². The predicted octanol–water partition coefficient (Wildman–Crippen LogP) is 4.08. The average molecular weight is 372 g/mol. The van der Waals surface area contributed by atoms with E-state index in [4.69, 9.17) is 11.6 Å². The van der Waals surface area contributed by atoms with Gasteiger partial charge in [-0.05, 0) is 23.8 Å². The van der Waals surface area contributed by atoms with Crippen molar-refractivity contribution < 1.29 is 14.7 Å². The molecule has 3 rings (SSSR count). The first kappa shape index (κ1) is 18.6. The van der Waals surface area contributed by atoms with Gasteiger partial charge in [0.2, 0.25) is 0 Å². The number of rotatable bonds is 4. The lowest BCUT2D eigenvalue weighted by molar-refractivity contribution is -0.144. The topological polar surface area (TPSA) is 57.6 Å². The number of fused-ring (bicyclic) bond motifs is 1. The van der Waals surface area contributed by atoms with Gasteiger partial charge in [-0.25, -0.2) is 0 Å². The lowest BCUT2D eigenvalue weighted by Gasteiger charge is -2.26. The van der Waals surface area contributed by atoms with Crippen LogP contribution in [-0.2, 0) is 21.7 Å². The highest BCUT2D eigenvalue weighted by Gasteiger charge is 2.51. The normalized spacial score (nSPS) is 19.6. The van der Waals surface area contributed by atoms with Gasteiger partial charge in [0.05, 0.1) is 12.2 Å². The highest BCUT2D eigenvalue weighted by atomic mass is 35.5. The van der Waals surface area contributed by atoms with Crippen LogP contribution in [0.1, 0.15) is 38.3 Å². The zero-order valence-corrected chi connectivity index (χ0v) is 15.9. The summed E-state index contributed by atoms with van der Waals surface area (Å²) in [6.07, 6.45) is -0.270.